The van der Waals surface area contributed by atoms with Gasteiger partial charge in [-0.25, -0.2) is 0 Å². The largest absolute Gasteiger partial charge is 0.323 e. The van der Waals surface area contributed by atoms with Crippen molar-refractivity contribution in [3.8, 4) is 0 Å². The van der Waals surface area contributed by atoms with Gasteiger partial charge in [0.05, 0.1) is 12.2 Å². The van der Waals surface area contributed by atoms with Gasteiger partial charge in [0.2, 0.25) is 5.91 Å². The SMILES string of the molecule is CC1NC(CCc2ccccc2)C(=O)N1C1CC1. The van der Waals surface area contributed by atoms with Crippen LogP contribution < -0.4 is 5.32 Å². The van der Waals surface area contributed by atoms with Crippen molar-refractivity contribution in [1.82, 2.24) is 10.2 Å². The van der Waals surface area contributed by atoms with Gasteiger partial charge in [0, 0.05) is 6.04 Å². The summed E-state index contributed by atoms with van der Waals surface area (Å²) in [7, 11) is 0. The van der Waals surface area contributed by atoms with E-state index in [4.69, 9.17) is 0 Å². The summed E-state index contributed by atoms with van der Waals surface area (Å²) in [6, 6.07) is 10.9. The minimum Gasteiger partial charge on any atom is -0.323 e. The maximum Gasteiger partial charge on any atom is 0.241 e. The third-order valence-corrected chi connectivity index (χ3v) is 3.92. The first-order valence-corrected chi connectivity index (χ1v) is 6.88. The molecule has 1 amide bonds. The van der Waals surface area contributed by atoms with E-state index >= 15 is 0 Å². The van der Waals surface area contributed by atoms with E-state index in [1.807, 2.05) is 6.07 Å². The fourth-order valence-corrected chi connectivity index (χ4v) is 2.82. The first kappa shape index (κ1) is 11.7. The molecule has 1 aliphatic carbocycles. The van der Waals surface area contributed by atoms with Crippen LogP contribution in [-0.2, 0) is 11.2 Å². The Hall–Kier alpha value is -1.35. The van der Waals surface area contributed by atoms with Crippen LogP contribution >= 0.6 is 0 Å². The molecule has 0 spiro atoms. The fraction of sp³-hybridized carbons (Fsp3) is 0.533. The number of rotatable bonds is 4. The second-order valence-electron chi connectivity index (χ2n) is 5.40. The van der Waals surface area contributed by atoms with E-state index in [0.29, 0.717) is 11.9 Å². The van der Waals surface area contributed by atoms with Gasteiger partial charge in [-0.15, -0.1) is 0 Å². The highest BCUT2D eigenvalue weighted by Gasteiger charge is 2.43. The fourth-order valence-electron chi connectivity index (χ4n) is 2.82. The van der Waals surface area contributed by atoms with Gasteiger partial charge in [0.1, 0.15) is 0 Å². The quantitative estimate of drug-likeness (QED) is 0.877. The Bertz CT molecular complexity index is 427. The van der Waals surface area contributed by atoms with Gasteiger partial charge < -0.3 is 4.90 Å². The summed E-state index contributed by atoms with van der Waals surface area (Å²) in [5.74, 6) is 0.306. The number of aryl methyl sites for hydroxylation is 1. The molecule has 1 aliphatic heterocycles. The van der Waals surface area contributed by atoms with Crippen LogP contribution in [0.15, 0.2) is 30.3 Å². The molecule has 2 unspecified atom stereocenters. The summed E-state index contributed by atoms with van der Waals surface area (Å²) in [6.07, 6.45) is 4.45. The summed E-state index contributed by atoms with van der Waals surface area (Å²) in [6.45, 7) is 2.10. The second-order valence-corrected chi connectivity index (χ2v) is 5.40. The summed E-state index contributed by atoms with van der Waals surface area (Å²) in [4.78, 5) is 14.3. The number of nitrogens with one attached hydrogen (secondary N) is 1. The molecule has 0 bridgehead atoms. The molecule has 3 rings (SSSR count). The van der Waals surface area contributed by atoms with Gasteiger partial charge in [-0.1, -0.05) is 30.3 Å². The molecule has 0 radical (unpaired) electrons. The van der Waals surface area contributed by atoms with E-state index in [2.05, 4.69) is 41.4 Å². The molecule has 1 aromatic carbocycles. The molecule has 96 valence electrons. The number of carbonyl (C=O) groups is 1. The van der Waals surface area contributed by atoms with Gasteiger partial charge in [0.15, 0.2) is 0 Å². The van der Waals surface area contributed by atoms with Gasteiger partial charge >= 0.3 is 0 Å². The minimum absolute atomic E-state index is 0.0146. The lowest BCUT2D eigenvalue weighted by Gasteiger charge is -2.19. The van der Waals surface area contributed by atoms with Crippen molar-refractivity contribution in [2.75, 3.05) is 0 Å². The van der Waals surface area contributed by atoms with Crippen molar-refractivity contribution in [3.63, 3.8) is 0 Å². The van der Waals surface area contributed by atoms with Crippen molar-refractivity contribution >= 4 is 5.91 Å². The van der Waals surface area contributed by atoms with E-state index in [-0.39, 0.29) is 12.2 Å². The minimum atomic E-state index is 0.0146. The van der Waals surface area contributed by atoms with Crippen molar-refractivity contribution in [2.24, 2.45) is 0 Å². The molecule has 1 saturated carbocycles. The number of hydrogen-bond acceptors (Lipinski definition) is 2. The normalized spacial score (nSPS) is 27.8. The van der Waals surface area contributed by atoms with Crippen LogP contribution in [0.4, 0.5) is 0 Å². The third-order valence-electron chi connectivity index (χ3n) is 3.92. The molecule has 2 fully saturated rings. The average Bonchev–Trinajstić information content (AvgIpc) is 3.16. The summed E-state index contributed by atoms with van der Waals surface area (Å²) < 4.78 is 0. The topological polar surface area (TPSA) is 32.3 Å². The molecule has 1 heterocycles. The molecular weight excluding hydrogens is 224 g/mol. The van der Waals surface area contributed by atoms with Crippen LogP contribution in [0.1, 0.15) is 31.7 Å². The first-order chi connectivity index (χ1) is 8.75. The lowest BCUT2D eigenvalue weighted by Crippen LogP contribution is -2.36. The van der Waals surface area contributed by atoms with Crippen molar-refractivity contribution in [3.05, 3.63) is 35.9 Å². The van der Waals surface area contributed by atoms with Crippen LogP contribution in [0.3, 0.4) is 0 Å². The molecular formula is C15H20N2O. The molecule has 1 aromatic rings. The number of benzene rings is 1. The highest BCUT2D eigenvalue weighted by molar-refractivity contribution is 5.84. The number of nitrogens with zero attached hydrogens (tertiary/aromatic N) is 1. The van der Waals surface area contributed by atoms with Crippen molar-refractivity contribution in [1.29, 1.82) is 0 Å². The van der Waals surface area contributed by atoms with Crippen LogP contribution in [0.5, 0.6) is 0 Å². The van der Waals surface area contributed by atoms with E-state index in [1.54, 1.807) is 0 Å². The molecule has 3 nitrogen and oxygen atoms in total. The van der Waals surface area contributed by atoms with Gasteiger partial charge in [-0.05, 0) is 38.2 Å². The van der Waals surface area contributed by atoms with Crippen LogP contribution in [0, 0.1) is 0 Å². The standard InChI is InChI=1S/C15H20N2O/c1-11-16-14(15(18)17(11)13-8-9-13)10-7-12-5-3-2-4-6-12/h2-6,11,13-14,16H,7-10H2,1H3. The van der Waals surface area contributed by atoms with E-state index in [0.717, 1.165) is 12.8 Å². The second kappa shape index (κ2) is 4.73. The predicted octanol–water partition coefficient (Wildman–Crippen LogP) is 1.93. The number of carbonyl (C=O) groups excluding carboxylic acids is 1. The van der Waals surface area contributed by atoms with Gasteiger partial charge in [0.25, 0.3) is 0 Å². The Morgan fingerprint density at radius 2 is 2.00 bits per heavy atom. The predicted molar refractivity (Wildman–Crippen MR) is 71.0 cm³/mol. The zero-order valence-electron chi connectivity index (χ0n) is 10.8. The summed E-state index contributed by atoms with van der Waals surface area (Å²) in [5, 5.41) is 3.42. The van der Waals surface area contributed by atoms with Gasteiger partial charge in [-0.2, -0.15) is 0 Å². The Morgan fingerprint density at radius 1 is 1.28 bits per heavy atom. The van der Waals surface area contributed by atoms with E-state index in [9.17, 15) is 4.79 Å². The number of hydrogen-bond donors (Lipinski definition) is 1. The van der Waals surface area contributed by atoms with E-state index in [1.165, 1.54) is 18.4 Å². The summed E-state index contributed by atoms with van der Waals surface area (Å²) >= 11 is 0. The van der Waals surface area contributed by atoms with Crippen molar-refractivity contribution in [2.45, 2.75) is 50.9 Å². The zero-order chi connectivity index (χ0) is 12.5. The average molecular weight is 244 g/mol. The first-order valence-electron chi connectivity index (χ1n) is 6.88. The van der Waals surface area contributed by atoms with Crippen molar-refractivity contribution < 1.29 is 4.79 Å². The maximum absolute atomic E-state index is 12.3. The third kappa shape index (κ3) is 2.27. The zero-order valence-corrected chi connectivity index (χ0v) is 10.8. The lowest BCUT2D eigenvalue weighted by atomic mass is 10.1. The van der Waals surface area contributed by atoms with E-state index < -0.39 is 0 Å². The lowest BCUT2D eigenvalue weighted by molar-refractivity contribution is -0.130. The Kier molecular flexibility index (Phi) is 3.08. The molecule has 18 heavy (non-hydrogen) atoms. The highest BCUT2D eigenvalue weighted by Crippen LogP contribution is 2.31. The number of amides is 1. The Balaban J connectivity index is 1.59. The Morgan fingerprint density at radius 3 is 2.67 bits per heavy atom. The molecule has 2 aliphatic rings. The monoisotopic (exact) mass is 244 g/mol. The molecule has 3 heteroatoms. The Labute approximate surface area is 108 Å². The molecule has 1 saturated heterocycles. The van der Waals surface area contributed by atoms with Gasteiger partial charge in [-0.3, -0.25) is 10.1 Å². The molecule has 1 N–H and O–H groups in total. The smallest absolute Gasteiger partial charge is 0.241 e. The van der Waals surface area contributed by atoms with Crippen LogP contribution in [-0.4, -0.2) is 29.1 Å². The maximum atomic E-state index is 12.3. The van der Waals surface area contributed by atoms with Crippen LogP contribution in [0.25, 0.3) is 0 Å². The highest BCUT2D eigenvalue weighted by atomic mass is 16.2. The summed E-state index contributed by atoms with van der Waals surface area (Å²) in [5.41, 5.74) is 1.31. The van der Waals surface area contributed by atoms with Crippen LogP contribution in [0.2, 0.25) is 0 Å². The molecule has 2 atom stereocenters. The molecule has 0 aromatic heterocycles.